The van der Waals surface area contributed by atoms with E-state index in [1.54, 1.807) is 25.8 Å². The number of anilines is 2. The smallest absolute Gasteiger partial charge is 0.226 e. The van der Waals surface area contributed by atoms with Gasteiger partial charge in [0.2, 0.25) is 5.95 Å². The van der Waals surface area contributed by atoms with E-state index in [-0.39, 0.29) is 0 Å². The molecule has 0 unspecified atom stereocenters. The fourth-order valence-electron chi connectivity index (χ4n) is 5.31. The second-order valence-corrected chi connectivity index (χ2v) is 10.1. The lowest BCUT2D eigenvalue weighted by atomic mass is 10.2. The van der Waals surface area contributed by atoms with Crippen molar-refractivity contribution >= 4 is 17.3 Å². The molecule has 0 saturated carbocycles. The second kappa shape index (κ2) is 12.4. The first-order chi connectivity index (χ1) is 20.7. The number of rotatable bonds is 10. The molecule has 1 aliphatic rings. The highest BCUT2D eigenvalue weighted by Gasteiger charge is 2.21. The number of methoxy groups -OCH3 is 3. The van der Waals surface area contributed by atoms with Crippen molar-refractivity contribution < 1.29 is 14.2 Å². The van der Waals surface area contributed by atoms with Crippen LogP contribution in [0.15, 0.2) is 79.0 Å². The van der Waals surface area contributed by atoms with E-state index >= 15 is 0 Å². The van der Waals surface area contributed by atoms with Crippen molar-refractivity contribution in [2.45, 2.75) is 13.1 Å². The largest absolute Gasteiger partial charge is 0.496 e. The number of para-hydroxylation sites is 2. The first kappa shape index (κ1) is 27.3. The molecule has 1 fully saturated rings. The van der Waals surface area contributed by atoms with Gasteiger partial charge in [-0.2, -0.15) is 4.52 Å². The van der Waals surface area contributed by atoms with Crippen LogP contribution in [-0.4, -0.2) is 72.0 Å². The maximum absolute atomic E-state index is 5.61. The summed E-state index contributed by atoms with van der Waals surface area (Å²) in [4.78, 5) is 14.7. The van der Waals surface area contributed by atoms with Gasteiger partial charge in [-0.15, -0.1) is 5.10 Å². The molecule has 10 heteroatoms. The van der Waals surface area contributed by atoms with Crippen LogP contribution in [0.2, 0.25) is 0 Å². The first-order valence-electron chi connectivity index (χ1n) is 14.0. The van der Waals surface area contributed by atoms with E-state index in [1.807, 2.05) is 48.7 Å². The van der Waals surface area contributed by atoms with Crippen molar-refractivity contribution in [3.63, 3.8) is 0 Å². The standard InChI is InChI=1S/C32H35N7O3/c1-40-27-12-8-7-11-26(27)30-35-31-24(22-37-15-17-38(18-16-37)25-9-5-4-6-10-25)21-34-32(39(31)36-30)33-20-23-13-14-28(41-2)29(19-23)42-3/h4-14,19,21H,15-18,20,22H2,1-3H3,(H,33,34). The molecule has 5 aromatic rings. The Hall–Kier alpha value is -4.83. The molecular formula is C32H35N7O3. The highest BCUT2D eigenvalue weighted by molar-refractivity contribution is 5.67. The number of nitrogens with one attached hydrogen (secondary N) is 1. The van der Waals surface area contributed by atoms with E-state index in [0.717, 1.165) is 60.8 Å². The minimum absolute atomic E-state index is 0.521. The number of benzene rings is 3. The van der Waals surface area contributed by atoms with Crippen molar-refractivity contribution in [3.8, 4) is 28.6 Å². The highest BCUT2D eigenvalue weighted by atomic mass is 16.5. The van der Waals surface area contributed by atoms with Crippen molar-refractivity contribution in [1.82, 2.24) is 24.5 Å². The topological polar surface area (TPSA) is 89.3 Å². The Morgan fingerprint density at radius 1 is 0.786 bits per heavy atom. The third-order valence-electron chi connectivity index (χ3n) is 7.57. The Morgan fingerprint density at radius 2 is 1.52 bits per heavy atom. The van der Waals surface area contributed by atoms with Crippen LogP contribution in [-0.2, 0) is 13.1 Å². The molecule has 0 amide bonds. The first-order valence-corrected chi connectivity index (χ1v) is 14.0. The molecule has 1 N–H and O–H groups in total. The molecule has 3 heterocycles. The number of ether oxygens (including phenoxy) is 3. The Morgan fingerprint density at radius 3 is 2.29 bits per heavy atom. The maximum Gasteiger partial charge on any atom is 0.226 e. The van der Waals surface area contributed by atoms with Crippen LogP contribution in [0.5, 0.6) is 17.2 Å². The van der Waals surface area contributed by atoms with E-state index in [9.17, 15) is 0 Å². The van der Waals surface area contributed by atoms with Gasteiger partial charge in [-0.05, 0) is 42.0 Å². The maximum atomic E-state index is 5.61. The van der Waals surface area contributed by atoms with Crippen LogP contribution in [0, 0.1) is 0 Å². The van der Waals surface area contributed by atoms with Crippen LogP contribution >= 0.6 is 0 Å². The Balaban J connectivity index is 1.28. The van der Waals surface area contributed by atoms with Crippen LogP contribution in [0.25, 0.3) is 17.0 Å². The summed E-state index contributed by atoms with van der Waals surface area (Å²) >= 11 is 0. The molecule has 0 bridgehead atoms. The van der Waals surface area contributed by atoms with Crippen molar-refractivity contribution in [2.75, 3.05) is 57.7 Å². The van der Waals surface area contributed by atoms with Gasteiger partial charge in [0.25, 0.3) is 0 Å². The zero-order chi connectivity index (χ0) is 28.9. The minimum atomic E-state index is 0.521. The second-order valence-electron chi connectivity index (χ2n) is 10.1. The van der Waals surface area contributed by atoms with E-state index in [2.05, 4.69) is 45.4 Å². The molecule has 0 radical (unpaired) electrons. The number of aromatic nitrogens is 4. The molecule has 0 aliphatic carbocycles. The summed E-state index contributed by atoms with van der Waals surface area (Å²) < 4.78 is 18.3. The van der Waals surface area contributed by atoms with Gasteiger partial charge in [-0.25, -0.2) is 9.97 Å². The Kier molecular flexibility index (Phi) is 8.05. The molecule has 1 saturated heterocycles. The summed E-state index contributed by atoms with van der Waals surface area (Å²) in [6.45, 7) is 5.10. The van der Waals surface area contributed by atoms with Gasteiger partial charge in [-0.3, -0.25) is 4.90 Å². The SMILES string of the molecule is COc1ccc(CNc2ncc(CN3CCN(c4ccccc4)CC3)c3nc(-c4ccccc4OC)nn23)cc1OC. The molecule has 6 rings (SSSR count). The van der Waals surface area contributed by atoms with E-state index in [4.69, 9.17) is 29.3 Å². The van der Waals surface area contributed by atoms with Crippen molar-refractivity contribution in [3.05, 3.63) is 90.1 Å². The van der Waals surface area contributed by atoms with Gasteiger partial charge < -0.3 is 24.4 Å². The lowest BCUT2D eigenvalue weighted by Gasteiger charge is -2.36. The monoisotopic (exact) mass is 565 g/mol. The molecule has 216 valence electrons. The minimum Gasteiger partial charge on any atom is -0.496 e. The van der Waals surface area contributed by atoms with Crippen LogP contribution in [0.3, 0.4) is 0 Å². The average Bonchev–Trinajstić information content (AvgIpc) is 3.51. The molecule has 0 atom stereocenters. The van der Waals surface area contributed by atoms with Crippen molar-refractivity contribution in [1.29, 1.82) is 0 Å². The van der Waals surface area contributed by atoms with E-state index < -0.39 is 0 Å². The van der Waals surface area contributed by atoms with Gasteiger partial charge in [0.05, 0.1) is 26.9 Å². The quantitative estimate of drug-likeness (QED) is 0.258. The van der Waals surface area contributed by atoms with Crippen LogP contribution in [0.1, 0.15) is 11.1 Å². The molecule has 1 aliphatic heterocycles. The summed E-state index contributed by atoms with van der Waals surface area (Å²) in [6, 6.07) is 24.2. The summed E-state index contributed by atoms with van der Waals surface area (Å²) in [6.07, 6.45) is 1.91. The van der Waals surface area contributed by atoms with E-state index in [1.165, 1.54) is 5.69 Å². The zero-order valence-electron chi connectivity index (χ0n) is 24.2. The third-order valence-corrected chi connectivity index (χ3v) is 7.57. The average molecular weight is 566 g/mol. The van der Waals surface area contributed by atoms with Gasteiger partial charge in [-0.1, -0.05) is 36.4 Å². The van der Waals surface area contributed by atoms with Crippen LogP contribution < -0.4 is 24.4 Å². The van der Waals surface area contributed by atoms with Gasteiger partial charge in [0.1, 0.15) is 5.75 Å². The number of nitrogens with zero attached hydrogens (tertiary/aromatic N) is 6. The number of piperazine rings is 1. The fraction of sp³-hybridized carbons (Fsp3) is 0.281. The fourth-order valence-corrected chi connectivity index (χ4v) is 5.31. The van der Waals surface area contributed by atoms with E-state index in [0.29, 0.717) is 29.8 Å². The van der Waals surface area contributed by atoms with Gasteiger partial charge in [0.15, 0.2) is 23.0 Å². The lowest BCUT2D eigenvalue weighted by molar-refractivity contribution is 0.250. The van der Waals surface area contributed by atoms with Crippen LogP contribution in [0.4, 0.5) is 11.6 Å². The summed E-state index contributed by atoms with van der Waals surface area (Å²) in [7, 11) is 4.92. The van der Waals surface area contributed by atoms with Crippen molar-refractivity contribution in [2.24, 2.45) is 0 Å². The molecule has 2 aromatic heterocycles. The molecule has 3 aromatic carbocycles. The zero-order valence-corrected chi connectivity index (χ0v) is 24.2. The number of hydrogen-bond acceptors (Lipinski definition) is 9. The van der Waals surface area contributed by atoms with Gasteiger partial charge >= 0.3 is 0 Å². The van der Waals surface area contributed by atoms with Gasteiger partial charge in [0, 0.05) is 56.7 Å². The predicted octanol–water partition coefficient (Wildman–Crippen LogP) is 4.75. The summed E-state index contributed by atoms with van der Waals surface area (Å²) in [5.74, 6) is 3.28. The third kappa shape index (κ3) is 5.66. The number of fused-ring (bicyclic) bond motifs is 1. The summed E-state index contributed by atoms with van der Waals surface area (Å²) in [5.41, 5.74) is 4.91. The Labute approximate surface area is 245 Å². The highest BCUT2D eigenvalue weighted by Crippen LogP contribution is 2.30. The Bertz CT molecular complexity index is 1650. The molecule has 42 heavy (non-hydrogen) atoms. The normalized spacial score (nSPS) is 13.7. The molecular weight excluding hydrogens is 530 g/mol. The number of hydrogen-bond donors (Lipinski definition) is 1. The molecule has 0 spiro atoms. The predicted molar refractivity (Wildman–Crippen MR) is 164 cm³/mol. The lowest BCUT2D eigenvalue weighted by Crippen LogP contribution is -2.46. The summed E-state index contributed by atoms with van der Waals surface area (Å²) in [5, 5.41) is 8.34. The molecule has 10 nitrogen and oxygen atoms in total.